The van der Waals surface area contributed by atoms with Gasteiger partial charge in [-0.25, -0.2) is 9.67 Å². The number of aryl methyl sites for hydroxylation is 1. The van der Waals surface area contributed by atoms with Crippen molar-refractivity contribution in [1.82, 2.24) is 14.8 Å². The van der Waals surface area contributed by atoms with Crippen molar-refractivity contribution in [3.05, 3.63) is 47.9 Å². The lowest BCUT2D eigenvalue weighted by molar-refractivity contribution is 0.360. The maximum Gasteiger partial charge on any atom is 0.154 e. The number of ether oxygens (including phenoxy) is 1. The van der Waals surface area contributed by atoms with E-state index in [-0.39, 0.29) is 0 Å². The van der Waals surface area contributed by atoms with Crippen molar-refractivity contribution < 1.29 is 4.74 Å². The van der Waals surface area contributed by atoms with Gasteiger partial charge in [0.2, 0.25) is 0 Å². The zero-order valence-corrected chi connectivity index (χ0v) is 11.3. The Hall–Kier alpha value is -2.36. The summed E-state index contributed by atoms with van der Waals surface area (Å²) in [6.45, 7) is 2.90. The van der Waals surface area contributed by atoms with Gasteiger partial charge in [0.25, 0.3) is 0 Å². The topological polar surface area (TPSA) is 39.9 Å². The molecule has 100 valence electrons. The number of aromatic nitrogens is 3. The molecular weight excluding hydrogens is 250 g/mol. The fraction of sp³-hybridized carbons (Fsp3) is 0.250. The minimum absolute atomic E-state index is 0.773. The number of benzene rings is 1. The number of fused-ring (bicyclic) bond motifs is 3. The minimum atomic E-state index is 0.773. The molecule has 0 aliphatic carbocycles. The number of rotatable bonds is 2. The fourth-order valence-electron chi connectivity index (χ4n) is 2.82. The molecule has 0 radical (unpaired) electrons. The largest absolute Gasteiger partial charge is 0.492 e. The fourth-order valence-corrected chi connectivity index (χ4v) is 2.82. The van der Waals surface area contributed by atoms with Crippen LogP contribution in [0.5, 0.6) is 5.75 Å². The maximum absolute atomic E-state index is 5.83. The van der Waals surface area contributed by atoms with Crippen molar-refractivity contribution in [2.75, 3.05) is 6.61 Å². The molecule has 0 atom stereocenters. The molecule has 2 aromatic heterocycles. The molecule has 0 unspecified atom stereocenters. The Morgan fingerprint density at radius 1 is 1.30 bits per heavy atom. The molecule has 0 saturated heterocycles. The van der Waals surface area contributed by atoms with E-state index in [0.717, 1.165) is 42.1 Å². The molecule has 4 heteroatoms. The Morgan fingerprint density at radius 3 is 3.05 bits per heavy atom. The summed E-state index contributed by atoms with van der Waals surface area (Å²) in [5, 5.41) is 6.61. The van der Waals surface area contributed by atoms with Crippen LogP contribution in [0, 0.1) is 0 Å². The molecule has 0 N–H and O–H groups in total. The molecule has 20 heavy (non-hydrogen) atoms. The van der Waals surface area contributed by atoms with Gasteiger partial charge in [-0.2, -0.15) is 5.10 Å². The summed E-state index contributed by atoms with van der Waals surface area (Å²) in [4.78, 5) is 4.73. The first-order chi connectivity index (χ1) is 9.86. The highest BCUT2D eigenvalue weighted by atomic mass is 16.5. The maximum atomic E-state index is 5.83. The van der Waals surface area contributed by atoms with Gasteiger partial charge in [-0.3, -0.25) is 0 Å². The van der Waals surface area contributed by atoms with Crippen molar-refractivity contribution in [2.24, 2.45) is 0 Å². The van der Waals surface area contributed by atoms with E-state index in [9.17, 15) is 0 Å². The van der Waals surface area contributed by atoms with Gasteiger partial charge in [-0.05, 0) is 24.1 Å². The molecule has 1 aliphatic rings. The Morgan fingerprint density at radius 2 is 2.25 bits per heavy atom. The number of hydrogen-bond acceptors (Lipinski definition) is 3. The highest BCUT2D eigenvalue weighted by molar-refractivity contribution is 5.92. The first kappa shape index (κ1) is 11.5. The SMILES string of the molecule is CCc1nc(-n2cccn2)cc2c3c(ccc12)CCO3. The lowest BCUT2D eigenvalue weighted by Crippen LogP contribution is -2.02. The normalized spacial score (nSPS) is 13.4. The molecule has 4 rings (SSSR count). The summed E-state index contributed by atoms with van der Waals surface area (Å²) in [6, 6.07) is 8.32. The number of pyridine rings is 1. The van der Waals surface area contributed by atoms with Gasteiger partial charge in [0, 0.05) is 29.6 Å². The third kappa shape index (κ3) is 1.61. The van der Waals surface area contributed by atoms with Gasteiger partial charge in [-0.1, -0.05) is 19.1 Å². The summed E-state index contributed by atoms with van der Waals surface area (Å²) in [5.74, 6) is 1.87. The zero-order valence-electron chi connectivity index (χ0n) is 11.3. The van der Waals surface area contributed by atoms with Crippen LogP contribution in [0.1, 0.15) is 18.2 Å². The zero-order chi connectivity index (χ0) is 13.5. The summed E-state index contributed by atoms with van der Waals surface area (Å²) >= 11 is 0. The summed E-state index contributed by atoms with van der Waals surface area (Å²) in [5.41, 5.74) is 2.38. The summed E-state index contributed by atoms with van der Waals surface area (Å²) < 4.78 is 7.62. The van der Waals surface area contributed by atoms with E-state index in [4.69, 9.17) is 9.72 Å². The highest BCUT2D eigenvalue weighted by Crippen LogP contribution is 2.36. The minimum Gasteiger partial charge on any atom is -0.492 e. The van der Waals surface area contributed by atoms with Crippen LogP contribution in [-0.4, -0.2) is 21.4 Å². The summed E-state index contributed by atoms with van der Waals surface area (Å²) in [7, 11) is 0. The predicted octanol–water partition coefficient (Wildman–Crippen LogP) is 2.92. The van der Waals surface area contributed by atoms with E-state index in [0.29, 0.717) is 0 Å². The molecule has 1 aliphatic heterocycles. The van der Waals surface area contributed by atoms with Crippen LogP contribution in [0.25, 0.3) is 16.6 Å². The average molecular weight is 265 g/mol. The monoisotopic (exact) mass is 265 g/mol. The van der Waals surface area contributed by atoms with Crippen LogP contribution in [0.15, 0.2) is 36.7 Å². The second kappa shape index (κ2) is 4.34. The van der Waals surface area contributed by atoms with E-state index in [1.165, 1.54) is 10.9 Å². The van der Waals surface area contributed by atoms with Crippen LogP contribution in [-0.2, 0) is 12.8 Å². The molecule has 0 saturated carbocycles. The molecular formula is C16H15N3O. The van der Waals surface area contributed by atoms with Crippen molar-refractivity contribution in [2.45, 2.75) is 19.8 Å². The molecule has 0 fully saturated rings. The van der Waals surface area contributed by atoms with Crippen LogP contribution in [0.4, 0.5) is 0 Å². The third-order valence-corrected chi connectivity index (χ3v) is 3.80. The smallest absolute Gasteiger partial charge is 0.154 e. The molecule has 0 spiro atoms. The predicted molar refractivity (Wildman–Crippen MR) is 77.4 cm³/mol. The molecule has 3 aromatic rings. The lowest BCUT2D eigenvalue weighted by Gasteiger charge is -2.11. The summed E-state index contributed by atoms with van der Waals surface area (Å²) in [6.07, 6.45) is 5.57. The second-order valence-corrected chi connectivity index (χ2v) is 4.98. The van der Waals surface area contributed by atoms with Gasteiger partial charge in [0.15, 0.2) is 5.82 Å². The van der Waals surface area contributed by atoms with Crippen LogP contribution in [0.2, 0.25) is 0 Å². The van der Waals surface area contributed by atoms with Crippen LogP contribution < -0.4 is 4.74 Å². The van der Waals surface area contributed by atoms with Crippen LogP contribution >= 0.6 is 0 Å². The molecule has 0 bridgehead atoms. The lowest BCUT2D eigenvalue weighted by atomic mass is 10.0. The van der Waals surface area contributed by atoms with E-state index in [1.807, 2.05) is 12.3 Å². The second-order valence-electron chi connectivity index (χ2n) is 4.98. The van der Waals surface area contributed by atoms with Gasteiger partial charge in [0.05, 0.1) is 12.3 Å². The van der Waals surface area contributed by atoms with E-state index < -0.39 is 0 Å². The van der Waals surface area contributed by atoms with Crippen molar-refractivity contribution in [1.29, 1.82) is 0 Å². The van der Waals surface area contributed by atoms with Gasteiger partial charge in [-0.15, -0.1) is 0 Å². The Kier molecular flexibility index (Phi) is 2.49. The first-order valence-electron chi connectivity index (χ1n) is 6.95. The van der Waals surface area contributed by atoms with Gasteiger partial charge in [0.1, 0.15) is 5.75 Å². The molecule has 4 nitrogen and oxygen atoms in total. The Bertz CT molecular complexity index is 778. The standard InChI is InChI=1S/C16H15N3O/c1-2-14-12-5-4-11-6-9-20-16(11)13(12)10-15(18-14)19-8-3-7-17-19/h3-5,7-8,10H,2,6,9H2,1H3. The first-order valence-corrected chi connectivity index (χ1v) is 6.95. The van der Waals surface area contributed by atoms with E-state index in [1.54, 1.807) is 10.9 Å². The number of hydrogen-bond donors (Lipinski definition) is 0. The van der Waals surface area contributed by atoms with Crippen LogP contribution in [0.3, 0.4) is 0 Å². The average Bonchev–Trinajstić information content (AvgIpc) is 3.16. The number of nitrogens with zero attached hydrogens (tertiary/aromatic N) is 3. The van der Waals surface area contributed by atoms with E-state index in [2.05, 4.69) is 30.2 Å². The van der Waals surface area contributed by atoms with Crippen molar-refractivity contribution in [3.63, 3.8) is 0 Å². The molecule has 1 aromatic carbocycles. The Balaban J connectivity index is 2.04. The third-order valence-electron chi connectivity index (χ3n) is 3.80. The van der Waals surface area contributed by atoms with Gasteiger partial charge < -0.3 is 4.74 Å². The van der Waals surface area contributed by atoms with Crippen molar-refractivity contribution in [3.8, 4) is 11.6 Å². The van der Waals surface area contributed by atoms with Gasteiger partial charge >= 0.3 is 0 Å². The quantitative estimate of drug-likeness (QED) is 0.715. The molecule has 3 heterocycles. The van der Waals surface area contributed by atoms with E-state index >= 15 is 0 Å². The Labute approximate surface area is 117 Å². The molecule has 0 amide bonds. The van der Waals surface area contributed by atoms with Crippen molar-refractivity contribution >= 4 is 10.8 Å². The highest BCUT2D eigenvalue weighted by Gasteiger charge is 2.18.